The molecule has 9 heteroatoms. The molecule has 0 saturated heterocycles. The van der Waals surface area contributed by atoms with E-state index in [-0.39, 0.29) is 5.91 Å². The Morgan fingerprint density at radius 3 is 2.62 bits per heavy atom. The molecule has 2 rings (SSSR count). The molecule has 8 nitrogen and oxygen atoms in total. The van der Waals surface area contributed by atoms with Gasteiger partial charge in [0, 0.05) is 23.3 Å². The van der Waals surface area contributed by atoms with Gasteiger partial charge in [-0.25, -0.2) is 10.2 Å². The van der Waals surface area contributed by atoms with Crippen molar-refractivity contribution in [3.8, 4) is 11.5 Å². The van der Waals surface area contributed by atoms with Crippen LogP contribution in [0.25, 0.3) is 0 Å². The van der Waals surface area contributed by atoms with E-state index in [1.807, 2.05) is 0 Å². The van der Waals surface area contributed by atoms with Crippen molar-refractivity contribution in [1.29, 1.82) is 0 Å². The maximum absolute atomic E-state index is 12.2. The topological polar surface area (TPSA) is 102 Å². The van der Waals surface area contributed by atoms with E-state index in [9.17, 15) is 9.59 Å². The van der Waals surface area contributed by atoms with E-state index < -0.39 is 12.6 Å². The Morgan fingerprint density at radius 1 is 1.31 bits per heavy atom. The summed E-state index contributed by atoms with van der Waals surface area (Å²) < 4.78 is 12.8. The number of hydrogen-bond donors (Lipinski definition) is 2. The zero-order valence-corrected chi connectivity index (χ0v) is 16.0. The summed E-state index contributed by atoms with van der Waals surface area (Å²) in [7, 11) is 3.21. The van der Waals surface area contributed by atoms with Gasteiger partial charge < -0.3 is 19.1 Å². The summed E-state index contributed by atoms with van der Waals surface area (Å²) in [6, 6.07) is 6.63. The van der Waals surface area contributed by atoms with Gasteiger partial charge in [0.1, 0.15) is 5.69 Å². The third kappa shape index (κ3) is 4.85. The molecule has 0 aliphatic heterocycles. The van der Waals surface area contributed by atoms with Crippen molar-refractivity contribution < 1.29 is 24.2 Å². The second-order valence-electron chi connectivity index (χ2n) is 5.34. The van der Waals surface area contributed by atoms with Gasteiger partial charge in [0.2, 0.25) is 0 Å². The summed E-state index contributed by atoms with van der Waals surface area (Å²) in [6.07, 6.45) is 1.77. The fourth-order valence-corrected chi connectivity index (χ4v) is 2.68. The highest BCUT2D eigenvalue weighted by atomic mass is 79.9. The molecular weight excluding hydrogens is 406 g/mol. The smallest absolute Gasteiger partial charge is 0.341 e. The first-order valence-corrected chi connectivity index (χ1v) is 8.30. The number of aryl methyl sites for hydroxylation is 1. The van der Waals surface area contributed by atoms with E-state index in [0.29, 0.717) is 28.5 Å². The molecule has 2 aromatic rings. The minimum Gasteiger partial charge on any atom is -0.493 e. The highest BCUT2D eigenvalue weighted by Crippen LogP contribution is 2.28. The van der Waals surface area contributed by atoms with E-state index in [0.717, 1.165) is 4.47 Å². The summed E-state index contributed by atoms with van der Waals surface area (Å²) in [4.78, 5) is 22.8. The second-order valence-corrected chi connectivity index (χ2v) is 6.26. The number of hydrazone groups is 1. The standard InChI is InChI=1S/C17H18BrN3O5/c1-10(19-20-17(24)13-7-12(18)8-21(13)2)11-4-5-14(15(6-11)25-3)26-9-16(22)23/h4-8H,9H2,1-3H3,(H,20,24)(H,22,23). The largest absolute Gasteiger partial charge is 0.493 e. The van der Waals surface area contributed by atoms with Crippen LogP contribution in [0.2, 0.25) is 0 Å². The summed E-state index contributed by atoms with van der Waals surface area (Å²) in [5.74, 6) is -0.741. The van der Waals surface area contributed by atoms with Crippen LogP contribution in [0.1, 0.15) is 23.0 Å². The zero-order chi connectivity index (χ0) is 19.3. The van der Waals surface area contributed by atoms with E-state index >= 15 is 0 Å². The Bertz CT molecular complexity index is 860. The molecule has 26 heavy (non-hydrogen) atoms. The second kappa shape index (κ2) is 8.52. The number of benzene rings is 1. The molecule has 0 aliphatic rings. The van der Waals surface area contributed by atoms with Gasteiger partial charge in [-0.15, -0.1) is 0 Å². The number of carbonyl (C=O) groups is 2. The average molecular weight is 424 g/mol. The fourth-order valence-electron chi connectivity index (χ4n) is 2.16. The zero-order valence-electron chi connectivity index (χ0n) is 14.4. The number of carboxylic acids is 1. The Kier molecular flexibility index (Phi) is 6.40. The van der Waals surface area contributed by atoms with E-state index in [4.69, 9.17) is 14.6 Å². The summed E-state index contributed by atoms with van der Waals surface area (Å²) in [5, 5.41) is 12.8. The lowest BCUT2D eigenvalue weighted by atomic mass is 10.1. The molecule has 1 aromatic carbocycles. The monoisotopic (exact) mass is 423 g/mol. The Labute approximate surface area is 158 Å². The van der Waals surface area contributed by atoms with Crippen molar-refractivity contribution in [3.05, 3.63) is 46.2 Å². The van der Waals surface area contributed by atoms with Crippen molar-refractivity contribution in [3.63, 3.8) is 0 Å². The van der Waals surface area contributed by atoms with Gasteiger partial charge in [-0.2, -0.15) is 5.10 Å². The molecule has 0 spiro atoms. The van der Waals surface area contributed by atoms with Crippen molar-refractivity contribution in [2.24, 2.45) is 12.1 Å². The van der Waals surface area contributed by atoms with Crippen molar-refractivity contribution in [2.75, 3.05) is 13.7 Å². The van der Waals surface area contributed by atoms with Crippen LogP contribution in [0, 0.1) is 0 Å². The third-order valence-electron chi connectivity index (χ3n) is 3.46. The Hall–Kier alpha value is -2.81. The minimum atomic E-state index is -1.08. The molecule has 1 amide bonds. The van der Waals surface area contributed by atoms with Crippen LogP contribution in [0.15, 0.2) is 40.0 Å². The third-order valence-corrected chi connectivity index (χ3v) is 3.90. The van der Waals surface area contributed by atoms with Crippen LogP contribution < -0.4 is 14.9 Å². The van der Waals surface area contributed by atoms with Crippen LogP contribution in [-0.2, 0) is 11.8 Å². The SMILES string of the molecule is COc1cc(C(C)=NNC(=O)c2cc(Br)cn2C)ccc1OCC(=O)O. The molecule has 0 radical (unpaired) electrons. The molecule has 0 unspecified atom stereocenters. The number of ether oxygens (including phenoxy) is 2. The first-order chi connectivity index (χ1) is 12.3. The van der Waals surface area contributed by atoms with Gasteiger partial charge in [0.15, 0.2) is 18.1 Å². The maximum Gasteiger partial charge on any atom is 0.341 e. The highest BCUT2D eigenvalue weighted by molar-refractivity contribution is 9.10. The predicted octanol–water partition coefficient (Wildman–Crippen LogP) is 2.41. The summed E-state index contributed by atoms with van der Waals surface area (Å²) in [6.45, 7) is 1.26. The van der Waals surface area contributed by atoms with Crippen LogP contribution in [0.5, 0.6) is 11.5 Å². The first-order valence-electron chi connectivity index (χ1n) is 7.51. The maximum atomic E-state index is 12.2. The lowest BCUT2D eigenvalue weighted by Crippen LogP contribution is -2.21. The van der Waals surface area contributed by atoms with Crippen LogP contribution in [0.3, 0.4) is 0 Å². The lowest BCUT2D eigenvalue weighted by molar-refractivity contribution is -0.139. The van der Waals surface area contributed by atoms with Crippen LogP contribution in [0.4, 0.5) is 0 Å². The normalized spacial score (nSPS) is 11.2. The number of halogens is 1. The molecule has 2 N–H and O–H groups in total. The van der Waals surface area contributed by atoms with Gasteiger partial charge in [0.25, 0.3) is 5.91 Å². The molecule has 0 atom stereocenters. The molecular formula is C17H18BrN3O5. The Balaban J connectivity index is 2.14. The number of rotatable bonds is 7. The fraction of sp³-hybridized carbons (Fsp3) is 0.235. The number of nitrogens with zero attached hydrogens (tertiary/aromatic N) is 2. The number of carbonyl (C=O) groups excluding carboxylic acids is 1. The van der Waals surface area contributed by atoms with Gasteiger partial charge in [-0.3, -0.25) is 4.79 Å². The molecule has 138 valence electrons. The number of nitrogens with one attached hydrogen (secondary N) is 1. The van der Waals surface area contributed by atoms with Crippen LogP contribution in [-0.4, -0.2) is 41.0 Å². The van der Waals surface area contributed by atoms with Gasteiger partial charge in [-0.1, -0.05) is 0 Å². The van der Waals surface area contributed by atoms with Gasteiger partial charge >= 0.3 is 5.97 Å². The summed E-state index contributed by atoms with van der Waals surface area (Å²) >= 11 is 3.31. The predicted molar refractivity (Wildman–Crippen MR) is 98.9 cm³/mol. The first kappa shape index (κ1) is 19.5. The quantitative estimate of drug-likeness (QED) is 0.525. The molecule has 0 fully saturated rings. The van der Waals surface area contributed by atoms with Gasteiger partial charge in [0.05, 0.1) is 12.8 Å². The van der Waals surface area contributed by atoms with E-state index in [2.05, 4.69) is 26.5 Å². The lowest BCUT2D eigenvalue weighted by Gasteiger charge is -2.11. The Morgan fingerprint density at radius 2 is 2.04 bits per heavy atom. The number of aliphatic carboxylic acids is 1. The van der Waals surface area contributed by atoms with E-state index in [1.54, 1.807) is 49.0 Å². The molecule has 0 bridgehead atoms. The van der Waals surface area contributed by atoms with Crippen molar-refractivity contribution in [2.45, 2.75) is 6.92 Å². The number of hydrogen-bond acceptors (Lipinski definition) is 5. The van der Waals surface area contributed by atoms with E-state index in [1.165, 1.54) is 7.11 Å². The number of amides is 1. The molecule has 0 saturated carbocycles. The minimum absolute atomic E-state index is 0.309. The number of carboxylic acid groups (broad SMARTS) is 1. The number of methoxy groups -OCH3 is 1. The van der Waals surface area contributed by atoms with Gasteiger partial charge in [-0.05, 0) is 47.1 Å². The highest BCUT2D eigenvalue weighted by Gasteiger charge is 2.12. The molecule has 1 aromatic heterocycles. The molecule has 1 heterocycles. The summed E-state index contributed by atoms with van der Waals surface area (Å²) in [5.41, 5.74) is 4.21. The van der Waals surface area contributed by atoms with Crippen molar-refractivity contribution in [1.82, 2.24) is 9.99 Å². The average Bonchev–Trinajstić information content (AvgIpc) is 2.95. The number of aromatic nitrogens is 1. The van der Waals surface area contributed by atoms with Crippen molar-refractivity contribution >= 4 is 33.5 Å². The molecule has 0 aliphatic carbocycles. The van der Waals surface area contributed by atoms with Crippen LogP contribution >= 0.6 is 15.9 Å².